The maximum atomic E-state index is 12.4. The van der Waals surface area contributed by atoms with Crippen LogP contribution in [0.4, 0.5) is 0 Å². The van der Waals surface area contributed by atoms with Gasteiger partial charge in [0.1, 0.15) is 0 Å². The fourth-order valence-corrected chi connectivity index (χ4v) is 3.37. The molecule has 3 N–H and O–H groups in total. The Morgan fingerprint density at radius 2 is 1.85 bits per heavy atom. The fourth-order valence-electron chi connectivity index (χ4n) is 3.25. The maximum absolute atomic E-state index is 12.4. The highest BCUT2D eigenvalue weighted by molar-refractivity contribution is 6.30. The van der Waals surface area contributed by atoms with E-state index in [4.69, 9.17) is 16.3 Å². The first kappa shape index (κ1) is 21.2. The van der Waals surface area contributed by atoms with Gasteiger partial charge in [-0.05, 0) is 36.5 Å². The van der Waals surface area contributed by atoms with Gasteiger partial charge in [0.15, 0.2) is 0 Å². The molecule has 1 saturated heterocycles. The number of carboxylic acid groups (broad SMARTS) is 1. The second kappa shape index (κ2) is 10.3. The van der Waals surface area contributed by atoms with Crippen LogP contribution in [-0.2, 0) is 19.1 Å². The van der Waals surface area contributed by atoms with Crippen molar-refractivity contribution in [2.75, 3.05) is 19.8 Å². The van der Waals surface area contributed by atoms with Crippen LogP contribution in [0.2, 0.25) is 5.02 Å². The van der Waals surface area contributed by atoms with Gasteiger partial charge in [-0.3, -0.25) is 14.4 Å². The van der Waals surface area contributed by atoms with Crippen LogP contribution in [0.15, 0.2) is 24.3 Å². The molecule has 7 nitrogen and oxygen atoms in total. The van der Waals surface area contributed by atoms with E-state index in [9.17, 15) is 19.5 Å². The molecule has 0 aromatic heterocycles. The lowest BCUT2D eigenvalue weighted by molar-refractivity contribution is -0.145. The molecule has 1 aliphatic rings. The maximum Gasteiger partial charge on any atom is 0.308 e. The SMILES string of the molecule is CC(=O)NC(CC(=O)NCC(C(=O)O)C1CCOCC1)c1ccc(Cl)cc1. The minimum absolute atomic E-state index is 0.0149. The Hall–Kier alpha value is -2.12. The molecule has 8 heteroatoms. The quantitative estimate of drug-likeness (QED) is 0.624. The van der Waals surface area contributed by atoms with Gasteiger partial charge < -0.3 is 20.5 Å². The van der Waals surface area contributed by atoms with Crippen LogP contribution in [-0.4, -0.2) is 42.6 Å². The van der Waals surface area contributed by atoms with E-state index in [1.54, 1.807) is 24.3 Å². The number of carbonyl (C=O) groups is 3. The van der Waals surface area contributed by atoms with Gasteiger partial charge in [-0.2, -0.15) is 0 Å². The first-order valence-electron chi connectivity index (χ1n) is 8.96. The molecule has 0 aliphatic carbocycles. The average Bonchev–Trinajstić information content (AvgIpc) is 2.62. The van der Waals surface area contributed by atoms with Crippen molar-refractivity contribution in [3.8, 4) is 0 Å². The Labute approximate surface area is 163 Å². The van der Waals surface area contributed by atoms with Crippen molar-refractivity contribution in [2.45, 2.75) is 32.2 Å². The Balaban J connectivity index is 1.96. The van der Waals surface area contributed by atoms with Gasteiger partial charge in [0.25, 0.3) is 0 Å². The standard InChI is InChI=1S/C19H25ClN2O5/c1-12(23)22-17(14-2-4-15(20)5-3-14)10-18(24)21-11-16(19(25)26)13-6-8-27-9-7-13/h2-5,13,16-17H,6-11H2,1H3,(H,21,24)(H,22,23)(H,25,26). The lowest BCUT2D eigenvalue weighted by atomic mass is 9.86. The van der Waals surface area contributed by atoms with E-state index in [1.807, 2.05) is 0 Å². The topological polar surface area (TPSA) is 105 Å². The highest BCUT2D eigenvalue weighted by atomic mass is 35.5. The molecule has 2 unspecified atom stereocenters. The zero-order valence-electron chi connectivity index (χ0n) is 15.2. The van der Waals surface area contributed by atoms with E-state index in [2.05, 4.69) is 10.6 Å². The average molecular weight is 397 g/mol. The molecule has 1 aromatic carbocycles. The minimum atomic E-state index is -0.918. The smallest absolute Gasteiger partial charge is 0.308 e. The van der Waals surface area contributed by atoms with Crippen molar-refractivity contribution in [2.24, 2.45) is 11.8 Å². The first-order chi connectivity index (χ1) is 12.9. The summed E-state index contributed by atoms with van der Waals surface area (Å²) in [5.41, 5.74) is 0.754. The number of amides is 2. The third-order valence-electron chi connectivity index (χ3n) is 4.71. The molecule has 0 radical (unpaired) electrons. The number of hydrogen-bond donors (Lipinski definition) is 3. The summed E-state index contributed by atoms with van der Waals surface area (Å²) < 4.78 is 5.27. The predicted molar refractivity (Wildman–Crippen MR) is 100 cm³/mol. The molecule has 2 atom stereocenters. The summed E-state index contributed by atoms with van der Waals surface area (Å²) in [6.45, 7) is 2.53. The molecule has 27 heavy (non-hydrogen) atoms. The second-order valence-corrected chi connectivity index (χ2v) is 7.14. The third kappa shape index (κ3) is 6.84. The van der Waals surface area contributed by atoms with Crippen LogP contribution in [0.3, 0.4) is 0 Å². The van der Waals surface area contributed by atoms with E-state index < -0.39 is 17.9 Å². The molecule has 1 fully saturated rings. The normalized spacial score (nSPS) is 17.0. The van der Waals surface area contributed by atoms with Gasteiger partial charge in [0.2, 0.25) is 11.8 Å². The van der Waals surface area contributed by atoms with Crippen LogP contribution in [0, 0.1) is 11.8 Å². The molecule has 1 heterocycles. The number of aliphatic carboxylic acids is 1. The number of ether oxygens (including phenoxy) is 1. The minimum Gasteiger partial charge on any atom is -0.481 e. The number of rotatable bonds is 8. The monoisotopic (exact) mass is 396 g/mol. The van der Waals surface area contributed by atoms with Crippen molar-refractivity contribution in [1.29, 1.82) is 0 Å². The summed E-state index contributed by atoms with van der Waals surface area (Å²) in [7, 11) is 0. The van der Waals surface area contributed by atoms with E-state index in [1.165, 1.54) is 6.92 Å². The molecule has 2 rings (SSSR count). The van der Waals surface area contributed by atoms with Crippen LogP contribution < -0.4 is 10.6 Å². The van der Waals surface area contributed by atoms with Crippen LogP contribution in [0.5, 0.6) is 0 Å². The molecular weight excluding hydrogens is 372 g/mol. The lowest BCUT2D eigenvalue weighted by Gasteiger charge is -2.28. The van der Waals surface area contributed by atoms with Crippen molar-refractivity contribution in [3.05, 3.63) is 34.9 Å². The highest BCUT2D eigenvalue weighted by Gasteiger charge is 2.30. The van der Waals surface area contributed by atoms with Crippen molar-refractivity contribution in [1.82, 2.24) is 10.6 Å². The van der Waals surface area contributed by atoms with E-state index >= 15 is 0 Å². The molecule has 1 aliphatic heterocycles. The third-order valence-corrected chi connectivity index (χ3v) is 4.96. The molecule has 0 bridgehead atoms. The summed E-state index contributed by atoms with van der Waals surface area (Å²) in [6, 6.07) is 6.37. The zero-order chi connectivity index (χ0) is 19.8. The Bertz CT molecular complexity index is 659. The highest BCUT2D eigenvalue weighted by Crippen LogP contribution is 2.24. The van der Waals surface area contributed by atoms with E-state index in [0.29, 0.717) is 31.1 Å². The zero-order valence-corrected chi connectivity index (χ0v) is 16.0. The summed E-state index contributed by atoms with van der Waals surface area (Å²) in [5, 5.41) is 15.5. The molecule has 148 valence electrons. The Morgan fingerprint density at radius 1 is 1.22 bits per heavy atom. The van der Waals surface area contributed by atoms with Crippen LogP contribution >= 0.6 is 11.6 Å². The fraction of sp³-hybridized carbons (Fsp3) is 0.526. The number of benzene rings is 1. The van der Waals surface area contributed by atoms with Gasteiger partial charge in [-0.25, -0.2) is 0 Å². The van der Waals surface area contributed by atoms with E-state index in [-0.39, 0.29) is 30.7 Å². The summed E-state index contributed by atoms with van der Waals surface area (Å²) in [4.78, 5) is 35.4. The van der Waals surface area contributed by atoms with Gasteiger partial charge in [-0.1, -0.05) is 23.7 Å². The molecule has 0 spiro atoms. The number of halogens is 1. The summed E-state index contributed by atoms with van der Waals surface area (Å²) >= 11 is 5.88. The number of carboxylic acids is 1. The van der Waals surface area contributed by atoms with Crippen molar-refractivity contribution >= 4 is 29.4 Å². The Morgan fingerprint density at radius 3 is 2.41 bits per heavy atom. The van der Waals surface area contributed by atoms with Crippen molar-refractivity contribution < 1.29 is 24.2 Å². The Kier molecular flexibility index (Phi) is 8.06. The van der Waals surface area contributed by atoms with Gasteiger partial charge in [-0.15, -0.1) is 0 Å². The lowest BCUT2D eigenvalue weighted by Crippen LogP contribution is -2.40. The van der Waals surface area contributed by atoms with Gasteiger partial charge >= 0.3 is 5.97 Å². The second-order valence-electron chi connectivity index (χ2n) is 6.71. The van der Waals surface area contributed by atoms with Crippen molar-refractivity contribution in [3.63, 3.8) is 0 Å². The first-order valence-corrected chi connectivity index (χ1v) is 9.34. The summed E-state index contributed by atoms with van der Waals surface area (Å²) in [5.74, 6) is -2.15. The molecular formula is C19H25ClN2O5. The van der Waals surface area contributed by atoms with Gasteiger partial charge in [0, 0.05) is 31.7 Å². The number of carbonyl (C=O) groups excluding carboxylic acids is 2. The molecule has 0 saturated carbocycles. The predicted octanol–water partition coefficient (Wildman–Crippen LogP) is 2.15. The van der Waals surface area contributed by atoms with Crippen LogP contribution in [0.1, 0.15) is 37.8 Å². The van der Waals surface area contributed by atoms with E-state index in [0.717, 1.165) is 5.56 Å². The van der Waals surface area contributed by atoms with Gasteiger partial charge in [0.05, 0.1) is 18.4 Å². The number of nitrogens with one attached hydrogen (secondary N) is 2. The molecule has 2 amide bonds. The molecule has 1 aromatic rings. The van der Waals surface area contributed by atoms with Crippen LogP contribution in [0.25, 0.3) is 0 Å². The summed E-state index contributed by atoms with van der Waals surface area (Å²) in [6.07, 6.45) is 1.36. The largest absolute Gasteiger partial charge is 0.481 e. The number of hydrogen-bond acceptors (Lipinski definition) is 4.